The normalized spacial score (nSPS) is 11.3. The SMILES string of the molecule is O=C(Nc1cc(F)ccc1F)c1cncc(-c2cccc(C(F)(F)F)c2)c1. The second-order valence-corrected chi connectivity index (χ2v) is 5.62. The minimum Gasteiger partial charge on any atom is -0.319 e. The molecule has 1 N–H and O–H groups in total. The summed E-state index contributed by atoms with van der Waals surface area (Å²) in [6, 6.07) is 8.45. The van der Waals surface area contributed by atoms with Gasteiger partial charge in [-0.15, -0.1) is 0 Å². The number of benzene rings is 2. The lowest BCUT2D eigenvalue weighted by Gasteiger charge is -2.10. The molecule has 1 amide bonds. The summed E-state index contributed by atoms with van der Waals surface area (Å²) in [7, 11) is 0. The Morgan fingerprint density at radius 3 is 2.44 bits per heavy atom. The molecule has 0 bridgehead atoms. The first kappa shape index (κ1) is 18.5. The second-order valence-electron chi connectivity index (χ2n) is 5.62. The fraction of sp³-hybridized carbons (Fsp3) is 0.0526. The summed E-state index contributed by atoms with van der Waals surface area (Å²) in [5, 5.41) is 2.21. The Balaban J connectivity index is 1.90. The van der Waals surface area contributed by atoms with E-state index < -0.39 is 29.3 Å². The molecule has 0 aliphatic rings. The summed E-state index contributed by atoms with van der Waals surface area (Å²) < 4.78 is 65.4. The van der Waals surface area contributed by atoms with Gasteiger partial charge in [0.05, 0.1) is 16.8 Å². The molecule has 2 aromatic carbocycles. The monoisotopic (exact) mass is 378 g/mol. The lowest BCUT2D eigenvalue weighted by atomic mass is 10.0. The molecular weight excluding hydrogens is 367 g/mol. The molecule has 0 aliphatic heterocycles. The zero-order valence-electron chi connectivity index (χ0n) is 13.5. The van der Waals surface area contributed by atoms with E-state index in [-0.39, 0.29) is 22.4 Å². The van der Waals surface area contributed by atoms with Gasteiger partial charge in [0, 0.05) is 24.0 Å². The highest BCUT2D eigenvalue weighted by Crippen LogP contribution is 2.32. The molecule has 3 rings (SSSR count). The number of carbonyl (C=O) groups is 1. The molecule has 1 aromatic heterocycles. The zero-order chi connectivity index (χ0) is 19.6. The van der Waals surface area contributed by atoms with Gasteiger partial charge >= 0.3 is 6.18 Å². The van der Waals surface area contributed by atoms with Crippen LogP contribution >= 0.6 is 0 Å². The highest BCUT2D eigenvalue weighted by atomic mass is 19.4. The van der Waals surface area contributed by atoms with Crippen molar-refractivity contribution in [3.63, 3.8) is 0 Å². The molecule has 8 heteroatoms. The van der Waals surface area contributed by atoms with Crippen molar-refractivity contribution in [3.8, 4) is 11.1 Å². The Hall–Kier alpha value is -3.29. The number of pyridine rings is 1. The Bertz CT molecular complexity index is 1000. The Kier molecular flexibility index (Phi) is 4.89. The first-order chi connectivity index (χ1) is 12.7. The van der Waals surface area contributed by atoms with Crippen molar-refractivity contribution in [3.05, 3.63) is 83.7 Å². The third-order valence-corrected chi connectivity index (χ3v) is 3.70. The van der Waals surface area contributed by atoms with Gasteiger partial charge in [-0.1, -0.05) is 12.1 Å². The fourth-order valence-electron chi connectivity index (χ4n) is 2.38. The standard InChI is InChI=1S/C19H11F5N2O/c20-15-4-5-16(21)17(8-15)26-18(27)13-6-12(9-25-10-13)11-2-1-3-14(7-11)19(22,23)24/h1-10H,(H,26,27). The van der Waals surface area contributed by atoms with Gasteiger partial charge in [-0.05, 0) is 35.9 Å². The molecule has 3 aromatic rings. The van der Waals surface area contributed by atoms with E-state index in [2.05, 4.69) is 10.3 Å². The highest BCUT2D eigenvalue weighted by Gasteiger charge is 2.30. The first-order valence-electron chi connectivity index (χ1n) is 7.63. The third kappa shape index (κ3) is 4.28. The summed E-state index contributed by atoms with van der Waals surface area (Å²) in [4.78, 5) is 16.1. The molecule has 138 valence electrons. The summed E-state index contributed by atoms with van der Waals surface area (Å²) in [6.07, 6.45) is -2.04. The van der Waals surface area contributed by atoms with Crippen molar-refractivity contribution in [1.29, 1.82) is 0 Å². The van der Waals surface area contributed by atoms with E-state index in [1.165, 1.54) is 30.6 Å². The minimum absolute atomic E-state index is 0.0198. The molecule has 0 atom stereocenters. The van der Waals surface area contributed by atoms with Crippen LogP contribution in [-0.2, 0) is 6.18 Å². The maximum absolute atomic E-state index is 13.6. The van der Waals surface area contributed by atoms with E-state index in [1.807, 2.05) is 0 Å². The van der Waals surface area contributed by atoms with Crippen LogP contribution in [0.1, 0.15) is 15.9 Å². The summed E-state index contributed by atoms with van der Waals surface area (Å²) in [5.74, 6) is -2.34. The van der Waals surface area contributed by atoms with Crippen LogP contribution in [0.4, 0.5) is 27.6 Å². The molecule has 0 spiro atoms. The topological polar surface area (TPSA) is 42.0 Å². The molecule has 3 nitrogen and oxygen atoms in total. The Morgan fingerprint density at radius 1 is 0.926 bits per heavy atom. The van der Waals surface area contributed by atoms with E-state index in [1.54, 1.807) is 0 Å². The number of hydrogen-bond donors (Lipinski definition) is 1. The lowest BCUT2D eigenvalue weighted by Crippen LogP contribution is -2.13. The van der Waals surface area contributed by atoms with Crippen LogP contribution in [0.15, 0.2) is 60.9 Å². The maximum atomic E-state index is 13.6. The highest BCUT2D eigenvalue weighted by molar-refractivity contribution is 6.04. The van der Waals surface area contributed by atoms with E-state index in [4.69, 9.17) is 0 Å². The number of nitrogens with one attached hydrogen (secondary N) is 1. The largest absolute Gasteiger partial charge is 0.416 e. The average Bonchev–Trinajstić information content (AvgIpc) is 2.64. The number of nitrogens with zero attached hydrogens (tertiary/aromatic N) is 1. The van der Waals surface area contributed by atoms with Gasteiger partial charge in [-0.3, -0.25) is 9.78 Å². The quantitative estimate of drug-likeness (QED) is 0.629. The number of alkyl halides is 3. The van der Waals surface area contributed by atoms with Gasteiger partial charge in [-0.2, -0.15) is 13.2 Å². The van der Waals surface area contributed by atoms with Crippen molar-refractivity contribution in [2.75, 3.05) is 5.32 Å². The van der Waals surface area contributed by atoms with E-state index >= 15 is 0 Å². The van der Waals surface area contributed by atoms with Gasteiger partial charge in [-0.25, -0.2) is 8.78 Å². The molecule has 1 heterocycles. The van der Waals surface area contributed by atoms with Crippen LogP contribution in [0, 0.1) is 11.6 Å². The zero-order valence-corrected chi connectivity index (χ0v) is 13.5. The number of anilines is 1. The summed E-state index contributed by atoms with van der Waals surface area (Å²) in [5.41, 5.74) is -0.730. The predicted octanol–water partition coefficient (Wildman–Crippen LogP) is 5.30. The molecular formula is C19H11F5N2O. The molecule has 0 unspecified atom stereocenters. The molecule has 0 radical (unpaired) electrons. The average molecular weight is 378 g/mol. The number of carbonyl (C=O) groups excluding carboxylic acids is 1. The second kappa shape index (κ2) is 7.14. The van der Waals surface area contributed by atoms with Crippen LogP contribution in [0.25, 0.3) is 11.1 Å². The molecule has 0 fully saturated rings. The van der Waals surface area contributed by atoms with Crippen LogP contribution in [0.3, 0.4) is 0 Å². The van der Waals surface area contributed by atoms with Crippen molar-refractivity contribution in [1.82, 2.24) is 4.98 Å². The number of aromatic nitrogens is 1. The summed E-state index contributed by atoms with van der Waals surface area (Å²) in [6.45, 7) is 0. The number of halogens is 5. The van der Waals surface area contributed by atoms with Gasteiger partial charge in [0.1, 0.15) is 11.6 Å². The Morgan fingerprint density at radius 2 is 1.70 bits per heavy atom. The van der Waals surface area contributed by atoms with E-state index in [9.17, 15) is 26.7 Å². The third-order valence-electron chi connectivity index (χ3n) is 3.70. The Labute approximate surface area is 150 Å². The maximum Gasteiger partial charge on any atom is 0.416 e. The molecule has 0 aliphatic carbocycles. The number of hydrogen-bond acceptors (Lipinski definition) is 2. The van der Waals surface area contributed by atoms with E-state index in [0.29, 0.717) is 0 Å². The van der Waals surface area contributed by atoms with Gasteiger partial charge in [0.15, 0.2) is 0 Å². The van der Waals surface area contributed by atoms with Crippen LogP contribution in [0.2, 0.25) is 0 Å². The van der Waals surface area contributed by atoms with Crippen molar-refractivity contribution < 1.29 is 26.7 Å². The summed E-state index contributed by atoms with van der Waals surface area (Å²) >= 11 is 0. The fourth-order valence-corrected chi connectivity index (χ4v) is 2.38. The van der Waals surface area contributed by atoms with Gasteiger partial charge < -0.3 is 5.32 Å². The molecule has 0 saturated carbocycles. The molecule has 0 saturated heterocycles. The lowest BCUT2D eigenvalue weighted by molar-refractivity contribution is -0.137. The van der Waals surface area contributed by atoms with Gasteiger partial charge in [0.2, 0.25) is 0 Å². The smallest absolute Gasteiger partial charge is 0.319 e. The van der Waals surface area contributed by atoms with Crippen LogP contribution in [0.5, 0.6) is 0 Å². The van der Waals surface area contributed by atoms with Crippen LogP contribution < -0.4 is 5.32 Å². The van der Waals surface area contributed by atoms with E-state index in [0.717, 1.165) is 30.3 Å². The number of rotatable bonds is 3. The predicted molar refractivity (Wildman–Crippen MR) is 89.0 cm³/mol. The minimum atomic E-state index is -4.51. The van der Waals surface area contributed by atoms with Crippen LogP contribution in [-0.4, -0.2) is 10.9 Å². The van der Waals surface area contributed by atoms with Crippen molar-refractivity contribution in [2.45, 2.75) is 6.18 Å². The van der Waals surface area contributed by atoms with Crippen molar-refractivity contribution >= 4 is 11.6 Å². The first-order valence-corrected chi connectivity index (χ1v) is 7.63. The number of amides is 1. The molecule has 27 heavy (non-hydrogen) atoms. The van der Waals surface area contributed by atoms with Gasteiger partial charge in [0.25, 0.3) is 5.91 Å². The van der Waals surface area contributed by atoms with Crippen molar-refractivity contribution in [2.24, 2.45) is 0 Å².